The average Bonchev–Trinajstić information content (AvgIpc) is 3.14. The molecular weight excluding hydrogens is 773 g/mol. The minimum atomic E-state index is -4.65. The summed E-state index contributed by atoms with van der Waals surface area (Å²) in [5.41, 5.74) is 2.44. The van der Waals surface area contributed by atoms with Crippen LogP contribution in [-0.4, -0.2) is 71.4 Å². The summed E-state index contributed by atoms with van der Waals surface area (Å²) in [6, 6.07) is 8.80. The molecule has 0 spiro atoms. The van der Waals surface area contributed by atoms with Crippen LogP contribution in [0.2, 0.25) is 10.0 Å². The third-order valence-corrected chi connectivity index (χ3v) is 8.03. The molecule has 2 atom stereocenters. The van der Waals surface area contributed by atoms with Crippen LogP contribution in [-0.2, 0) is 21.8 Å². The van der Waals surface area contributed by atoms with Crippen LogP contribution >= 0.6 is 23.2 Å². The number of hydrogen-bond donors (Lipinski definition) is 6. The van der Waals surface area contributed by atoms with Gasteiger partial charge in [0.15, 0.2) is 0 Å². The number of amides is 4. The Kier molecular flexibility index (Phi) is 13.4. The fraction of sp³-hybridized carbons (Fsp3) is 0.312. The lowest BCUT2D eigenvalue weighted by Crippen LogP contribution is -2.33. The van der Waals surface area contributed by atoms with Crippen molar-refractivity contribution < 1.29 is 45.4 Å². The number of anilines is 4. The largest absolute Gasteiger partial charge is 0.451 e. The Morgan fingerprint density at radius 1 is 0.630 bits per heavy atom. The molecule has 0 unspecified atom stereocenters. The molecule has 2 saturated heterocycles. The molecule has 6 rings (SSSR count). The maximum Gasteiger partial charge on any atom is 0.451 e. The minimum Gasteiger partial charge on any atom is -0.371 e. The maximum absolute atomic E-state index is 12.4. The number of alkyl halides is 6. The van der Waals surface area contributed by atoms with Crippen molar-refractivity contribution >= 4 is 58.0 Å². The number of hydrogen-bond acceptors (Lipinski definition) is 10. The van der Waals surface area contributed by atoms with E-state index in [2.05, 4.69) is 51.8 Å². The van der Waals surface area contributed by atoms with Gasteiger partial charge in [-0.25, -0.2) is 29.5 Å². The molecule has 0 radical (unpaired) electrons. The van der Waals surface area contributed by atoms with Gasteiger partial charge in [-0.15, -0.1) is 0 Å². The molecule has 2 aliphatic heterocycles. The first-order valence-electron chi connectivity index (χ1n) is 15.8. The summed E-state index contributed by atoms with van der Waals surface area (Å²) in [4.78, 5) is 36.7. The van der Waals surface area contributed by atoms with Gasteiger partial charge in [-0.1, -0.05) is 35.3 Å². The molecule has 4 aromatic rings. The SMILES string of the molecule is O=C(Nc1cnc(C(F)(F)F)nc1)Nc1ccc([C@@H]2CNCCO2)cc1Cl.O=C(Nc1cnc(C(F)(F)F)nc1)Nc1ccc([C@H]2CNCCO2)cc1Cl. The summed E-state index contributed by atoms with van der Waals surface area (Å²) in [5, 5.41) is 16.7. The predicted molar refractivity (Wildman–Crippen MR) is 185 cm³/mol. The minimum absolute atomic E-state index is 0.00919. The fourth-order valence-corrected chi connectivity index (χ4v) is 5.34. The van der Waals surface area contributed by atoms with Crippen molar-refractivity contribution in [1.82, 2.24) is 30.6 Å². The quantitative estimate of drug-likeness (QED) is 0.112. The summed E-state index contributed by atoms with van der Waals surface area (Å²) < 4.78 is 85.8. The van der Waals surface area contributed by atoms with E-state index in [-0.39, 0.29) is 23.6 Å². The number of nitrogens with one attached hydrogen (secondary N) is 6. The van der Waals surface area contributed by atoms with E-state index < -0.39 is 36.1 Å². The van der Waals surface area contributed by atoms with E-state index in [4.69, 9.17) is 32.7 Å². The second-order valence-corrected chi connectivity index (χ2v) is 12.2. The van der Waals surface area contributed by atoms with Gasteiger partial charge in [0.1, 0.15) is 0 Å². The molecule has 22 heteroatoms. The van der Waals surface area contributed by atoms with E-state index >= 15 is 0 Å². The highest BCUT2D eigenvalue weighted by Gasteiger charge is 2.35. The van der Waals surface area contributed by atoms with E-state index in [1.54, 1.807) is 36.4 Å². The molecule has 0 saturated carbocycles. The Labute approximate surface area is 312 Å². The molecule has 4 heterocycles. The zero-order valence-electron chi connectivity index (χ0n) is 27.6. The van der Waals surface area contributed by atoms with Gasteiger partial charge < -0.3 is 41.4 Å². The van der Waals surface area contributed by atoms with Gasteiger partial charge in [0, 0.05) is 26.2 Å². The van der Waals surface area contributed by atoms with Crippen LogP contribution in [0.15, 0.2) is 61.2 Å². The summed E-state index contributed by atoms with van der Waals surface area (Å²) in [5.74, 6) is -2.57. The zero-order valence-corrected chi connectivity index (χ0v) is 29.1. The lowest BCUT2D eigenvalue weighted by molar-refractivity contribution is -0.145. The molecule has 14 nitrogen and oxygen atoms in total. The summed E-state index contributed by atoms with van der Waals surface area (Å²) in [6.07, 6.45) is -6.06. The zero-order chi connectivity index (χ0) is 38.9. The molecule has 2 aliphatic rings. The van der Waals surface area contributed by atoms with E-state index in [1.165, 1.54) is 0 Å². The lowest BCUT2D eigenvalue weighted by Gasteiger charge is -2.24. The standard InChI is InChI=1S/2C16H15ClF3N5O2/c2*17-11-5-9(13-8-21-3-4-27-13)1-2-12(11)25-15(26)24-10-6-22-14(23-7-10)16(18,19)20/h2*1-2,5-7,13,21H,3-4,8H2,(H2,24,25,26)/t2*13-/m10/s1. The van der Waals surface area contributed by atoms with Crippen molar-refractivity contribution in [1.29, 1.82) is 0 Å². The molecule has 4 amide bonds. The third-order valence-electron chi connectivity index (χ3n) is 7.41. The van der Waals surface area contributed by atoms with Crippen LogP contribution in [0.4, 0.5) is 58.7 Å². The van der Waals surface area contributed by atoms with Crippen LogP contribution in [0.3, 0.4) is 0 Å². The molecule has 54 heavy (non-hydrogen) atoms. The second-order valence-electron chi connectivity index (χ2n) is 11.4. The Balaban J connectivity index is 0.000000208. The highest BCUT2D eigenvalue weighted by atomic mass is 35.5. The molecule has 288 valence electrons. The van der Waals surface area contributed by atoms with Crippen LogP contribution in [0.25, 0.3) is 0 Å². The van der Waals surface area contributed by atoms with Gasteiger partial charge in [-0.05, 0) is 35.4 Å². The van der Waals surface area contributed by atoms with Crippen LogP contribution in [0, 0.1) is 0 Å². The van der Waals surface area contributed by atoms with Gasteiger partial charge in [-0.2, -0.15) is 26.3 Å². The number of carbonyl (C=O) groups is 2. The highest BCUT2D eigenvalue weighted by Crippen LogP contribution is 2.31. The Bertz CT molecular complexity index is 1760. The van der Waals surface area contributed by atoms with E-state index in [0.717, 1.165) is 49.0 Å². The number of ether oxygens (including phenoxy) is 2. The lowest BCUT2D eigenvalue weighted by atomic mass is 10.1. The number of aromatic nitrogens is 4. The molecular formula is C32H30Cl2F6N10O4. The van der Waals surface area contributed by atoms with Crippen molar-refractivity contribution in [2.45, 2.75) is 24.6 Å². The first-order valence-corrected chi connectivity index (χ1v) is 16.6. The second kappa shape index (κ2) is 18.0. The van der Waals surface area contributed by atoms with Gasteiger partial charge in [0.25, 0.3) is 0 Å². The molecule has 0 aliphatic carbocycles. The first kappa shape index (κ1) is 40.3. The molecule has 2 aromatic heterocycles. The van der Waals surface area contributed by atoms with Gasteiger partial charge in [0.05, 0.1) is 83.0 Å². The smallest absolute Gasteiger partial charge is 0.371 e. The van der Waals surface area contributed by atoms with Gasteiger partial charge in [-0.3, -0.25) is 0 Å². The van der Waals surface area contributed by atoms with Gasteiger partial charge in [0.2, 0.25) is 11.6 Å². The molecule has 2 fully saturated rings. The summed E-state index contributed by atoms with van der Waals surface area (Å²) >= 11 is 12.4. The summed E-state index contributed by atoms with van der Waals surface area (Å²) in [7, 11) is 0. The van der Waals surface area contributed by atoms with Crippen molar-refractivity contribution in [2.75, 3.05) is 60.7 Å². The first-order chi connectivity index (χ1) is 25.7. The normalized spacial score (nSPS) is 17.4. The van der Waals surface area contributed by atoms with Crippen LogP contribution in [0.1, 0.15) is 35.0 Å². The monoisotopic (exact) mass is 802 g/mol. The number of benzene rings is 2. The maximum atomic E-state index is 12.4. The van der Waals surface area contributed by atoms with Crippen LogP contribution in [0.5, 0.6) is 0 Å². The Hall–Kier alpha value is -4.86. The van der Waals surface area contributed by atoms with E-state index in [1.807, 2.05) is 0 Å². The Morgan fingerprint density at radius 3 is 1.30 bits per heavy atom. The topological polar surface area (TPSA) is 176 Å². The highest BCUT2D eigenvalue weighted by molar-refractivity contribution is 6.34. The number of nitrogens with zero attached hydrogens (tertiary/aromatic N) is 4. The number of carbonyl (C=O) groups excluding carboxylic acids is 2. The van der Waals surface area contributed by atoms with Crippen molar-refractivity contribution in [2.24, 2.45) is 0 Å². The van der Waals surface area contributed by atoms with Crippen LogP contribution < -0.4 is 31.9 Å². The number of rotatable bonds is 6. The van der Waals surface area contributed by atoms with Crippen molar-refractivity contribution in [3.63, 3.8) is 0 Å². The van der Waals surface area contributed by atoms with Crippen molar-refractivity contribution in [3.8, 4) is 0 Å². The average molecular weight is 804 g/mol. The van der Waals surface area contributed by atoms with E-state index in [0.29, 0.717) is 47.7 Å². The van der Waals surface area contributed by atoms with Crippen molar-refractivity contribution in [3.05, 3.63) is 94.0 Å². The number of morpholine rings is 2. The molecule has 2 aromatic carbocycles. The molecule has 6 N–H and O–H groups in total. The number of halogens is 8. The Morgan fingerprint density at radius 2 is 1.00 bits per heavy atom. The summed E-state index contributed by atoms with van der Waals surface area (Å²) in [6.45, 7) is 4.10. The molecule has 0 bridgehead atoms. The predicted octanol–water partition coefficient (Wildman–Crippen LogP) is 6.91. The van der Waals surface area contributed by atoms with Gasteiger partial charge >= 0.3 is 24.4 Å². The third kappa shape index (κ3) is 11.6. The fourth-order valence-electron chi connectivity index (χ4n) is 4.87. The van der Waals surface area contributed by atoms with E-state index in [9.17, 15) is 35.9 Å². The number of urea groups is 2.